The minimum absolute atomic E-state index is 0.0652. The second kappa shape index (κ2) is 6.66. The van der Waals surface area contributed by atoms with E-state index in [-0.39, 0.29) is 5.78 Å². The highest BCUT2D eigenvalue weighted by atomic mass is 35.5. The van der Waals surface area contributed by atoms with Gasteiger partial charge in [-0.05, 0) is 51.0 Å². The Kier molecular flexibility index (Phi) is 4.75. The lowest BCUT2D eigenvalue weighted by Gasteiger charge is -2.23. The molecule has 2 aromatic carbocycles. The van der Waals surface area contributed by atoms with Gasteiger partial charge in [0.1, 0.15) is 0 Å². The number of anilines is 1. The van der Waals surface area contributed by atoms with E-state index in [9.17, 15) is 4.79 Å². The van der Waals surface area contributed by atoms with Crippen LogP contribution in [0.3, 0.4) is 0 Å². The number of rotatable bonds is 3. The first-order chi connectivity index (χ1) is 11.4. The molecule has 0 unspecified atom stereocenters. The first-order valence-electron chi connectivity index (χ1n) is 8.00. The fourth-order valence-electron chi connectivity index (χ4n) is 3.06. The molecule has 0 saturated carbocycles. The van der Waals surface area contributed by atoms with E-state index < -0.39 is 0 Å². The number of aryl methyl sites for hydroxylation is 2. The zero-order valence-electron chi connectivity index (χ0n) is 14.3. The quantitative estimate of drug-likeness (QED) is 0.629. The minimum atomic E-state index is 0.0652. The molecular weight excluding hydrogens is 338 g/mol. The average Bonchev–Trinajstić information content (AvgIpc) is 2.85. The van der Waals surface area contributed by atoms with Gasteiger partial charge in [-0.3, -0.25) is 4.79 Å². The Morgan fingerprint density at radius 3 is 2.62 bits per heavy atom. The normalized spacial score (nSPS) is 15.0. The van der Waals surface area contributed by atoms with Crippen LogP contribution in [0.25, 0.3) is 11.1 Å². The van der Waals surface area contributed by atoms with Crippen molar-refractivity contribution in [3.05, 3.63) is 57.6 Å². The number of hydrogen-bond acceptors (Lipinski definition) is 3. The van der Waals surface area contributed by atoms with Crippen LogP contribution in [0, 0.1) is 13.8 Å². The zero-order valence-corrected chi connectivity index (χ0v) is 15.9. The summed E-state index contributed by atoms with van der Waals surface area (Å²) in [4.78, 5) is 15.0. The number of halogens is 1. The Hall–Kier alpha value is -1.71. The van der Waals surface area contributed by atoms with Crippen LogP contribution in [0.1, 0.15) is 25.0 Å². The third kappa shape index (κ3) is 2.99. The molecule has 0 amide bonds. The van der Waals surface area contributed by atoms with Crippen LogP contribution in [0.4, 0.5) is 5.69 Å². The Morgan fingerprint density at radius 2 is 2.00 bits per heavy atom. The molecule has 1 aliphatic heterocycles. The molecule has 4 heteroatoms. The molecular formula is C20H20ClNOS. The number of thioether (sulfide) groups is 1. The third-order valence-corrected chi connectivity index (χ3v) is 5.55. The number of ketones is 1. The van der Waals surface area contributed by atoms with E-state index in [1.54, 1.807) is 24.8 Å². The van der Waals surface area contributed by atoms with Gasteiger partial charge in [-0.15, -0.1) is 0 Å². The van der Waals surface area contributed by atoms with Gasteiger partial charge in [0.2, 0.25) is 0 Å². The zero-order chi connectivity index (χ0) is 17.4. The Labute approximate surface area is 152 Å². The highest BCUT2D eigenvalue weighted by molar-refractivity contribution is 8.03. The van der Waals surface area contributed by atoms with Crippen molar-refractivity contribution in [1.29, 1.82) is 0 Å². The molecule has 0 saturated heterocycles. The monoisotopic (exact) mass is 357 g/mol. The predicted molar refractivity (Wildman–Crippen MR) is 104 cm³/mol. The average molecular weight is 358 g/mol. The summed E-state index contributed by atoms with van der Waals surface area (Å²) in [7, 11) is 0. The number of hydrogen-bond donors (Lipinski definition) is 0. The summed E-state index contributed by atoms with van der Waals surface area (Å²) in [5, 5.41) is 1.74. The van der Waals surface area contributed by atoms with Gasteiger partial charge < -0.3 is 4.90 Å². The first-order valence-corrected chi connectivity index (χ1v) is 9.19. The van der Waals surface area contributed by atoms with Crippen molar-refractivity contribution in [3.8, 4) is 11.1 Å². The summed E-state index contributed by atoms with van der Waals surface area (Å²) < 4.78 is 0. The SMILES string of the molecule is CCN1/C(=C/C(C)=O)Sc2ccc(C)c(-c3ccc(C)cc3Cl)c21. The molecule has 124 valence electrons. The number of carbonyl (C=O) groups is 1. The topological polar surface area (TPSA) is 20.3 Å². The fourth-order valence-corrected chi connectivity index (χ4v) is 4.61. The van der Waals surface area contributed by atoms with Gasteiger partial charge in [-0.2, -0.15) is 0 Å². The van der Waals surface area contributed by atoms with Gasteiger partial charge >= 0.3 is 0 Å². The van der Waals surface area contributed by atoms with Crippen molar-refractivity contribution in [2.24, 2.45) is 0 Å². The van der Waals surface area contributed by atoms with Crippen molar-refractivity contribution in [3.63, 3.8) is 0 Å². The summed E-state index contributed by atoms with van der Waals surface area (Å²) in [6, 6.07) is 10.4. The smallest absolute Gasteiger partial charge is 0.155 e. The second-order valence-electron chi connectivity index (χ2n) is 6.03. The predicted octanol–water partition coefficient (Wildman–Crippen LogP) is 5.99. The van der Waals surface area contributed by atoms with Gasteiger partial charge in [0.25, 0.3) is 0 Å². The lowest BCUT2D eigenvalue weighted by molar-refractivity contribution is -0.112. The minimum Gasteiger partial charge on any atom is -0.335 e. The Balaban J connectivity index is 2.25. The molecule has 0 N–H and O–H groups in total. The van der Waals surface area contributed by atoms with E-state index >= 15 is 0 Å². The van der Waals surface area contributed by atoms with Crippen molar-refractivity contribution in [1.82, 2.24) is 0 Å². The highest BCUT2D eigenvalue weighted by Gasteiger charge is 2.29. The molecule has 0 radical (unpaired) electrons. The van der Waals surface area contributed by atoms with E-state index in [2.05, 4.69) is 43.0 Å². The summed E-state index contributed by atoms with van der Waals surface area (Å²) in [6.07, 6.45) is 1.71. The fraction of sp³-hybridized carbons (Fsp3) is 0.250. The maximum Gasteiger partial charge on any atom is 0.155 e. The van der Waals surface area contributed by atoms with Gasteiger partial charge in [0, 0.05) is 33.7 Å². The van der Waals surface area contributed by atoms with Crippen molar-refractivity contribution < 1.29 is 4.79 Å². The Morgan fingerprint density at radius 1 is 1.25 bits per heavy atom. The molecule has 0 fully saturated rings. The van der Waals surface area contributed by atoms with Crippen molar-refractivity contribution >= 4 is 34.8 Å². The largest absolute Gasteiger partial charge is 0.335 e. The van der Waals surface area contributed by atoms with E-state index in [0.717, 1.165) is 39.0 Å². The molecule has 2 aromatic rings. The summed E-state index contributed by atoms with van der Waals surface area (Å²) in [6.45, 7) is 8.65. The molecule has 3 rings (SSSR count). The first kappa shape index (κ1) is 17.1. The maximum atomic E-state index is 11.6. The molecule has 1 aliphatic rings. The van der Waals surface area contributed by atoms with E-state index in [1.165, 1.54) is 10.5 Å². The standard InChI is InChI=1S/C20H20ClNOS/c1-5-22-18(11-14(4)23)24-17-9-7-13(3)19(20(17)22)15-8-6-12(2)10-16(15)21/h6-11H,5H2,1-4H3/b18-11-. The number of fused-ring (bicyclic) bond motifs is 1. The molecule has 0 aromatic heterocycles. The summed E-state index contributed by atoms with van der Waals surface area (Å²) >= 11 is 8.20. The highest BCUT2D eigenvalue weighted by Crippen LogP contribution is 2.52. The van der Waals surface area contributed by atoms with Gasteiger partial charge in [0.15, 0.2) is 5.78 Å². The van der Waals surface area contributed by atoms with Crippen LogP contribution < -0.4 is 4.90 Å². The van der Waals surface area contributed by atoms with Crippen molar-refractivity contribution in [2.45, 2.75) is 32.6 Å². The summed E-state index contributed by atoms with van der Waals surface area (Å²) in [5.74, 6) is 0.0652. The summed E-state index contributed by atoms with van der Waals surface area (Å²) in [5.41, 5.74) is 5.68. The van der Waals surface area contributed by atoms with E-state index in [0.29, 0.717) is 0 Å². The second-order valence-corrected chi connectivity index (χ2v) is 7.50. The van der Waals surface area contributed by atoms with Crippen LogP contribution in [0.2, 0.25) is 5.02 Å². The van der Waals surface area contributed by atoms with Crippen LogP contribution in [0.5, 0.6) is 0 Å². The van der Waals surface area contributed by atoms with Gasteiger partial charge in [-0.25, -0.2) is 0 Å². The lowest BCUT2D eigenvalue weighted by Crippen LogP contribution is -2.18. The Bertz CT molecular complexity index is 857. The number of benzene rings is 2. The van der Waals surface area contributed by atoms with Crippen LogP contribution in [-0.2, 0) is 4.79 Å². The van der Waals surface area contributed by atoms with Crippen molar-refractivity contribution in [2.75, 3.05) is 11.4 Å². The number of nitrogens with zero attached hydrogens (tertiary/aromatic N) is 1. The van der Waals surface area contributed by atoms with E-state index in [1.807, 2.05) is 13.0 Å². The molecule has 0 atom stereocenters. The van der Waals surface area contributed by atoms with E-state index in [4.69, 9.17) is 11.6 Å². The van der Waals surface area contributed by atoms with Crippen LogP contribution >= 0.6 is 23.4 Å². The number of carbonyl (C=O) groups excluding carboxylic acids is 1. The maximum absolute atomic E-state index is 11.6. The lowest BCUT2D eigenvalue weighted by atomic mass is 9.97. The molecule has 0 bridgehead atoms. The van der Waals surface area contributed by atoms with Crippen LogP contribution in [-0.4, -0.2) is 12.3 Å². The molecule has 0 spiro atoms. The molecule has 2 nitrogen and oxygen atoms in total. The molecule has 24 heavy (non-hydrogen) atoms. The van der Waals surface area contributed by atoms with Gasteiger partial charge in [0.05, 0.1) is 10.7 Å². The molecule has 0 aliphatic carbocycles. The number of allylic oxidation sites excluding steroid dienone is 1. The van der Waals surface area contributed by atoms with Gasteiger partial charge in [-0.1, -0.05) is 41.6 Å². The molecule has 1 heterocycles. The third-order valence-electron chi connectivity index (χ3n) is 4.14. The van der Waals surface area contributed by atoms with Crippen LogP contribution in [0.15, 0.2) is 46.3 Å².